The number of aliphatic hydroxyl groups is 1. The lowest BCUT2D eigenvalue weighted by Gasteiger charge is -2.28. The van der Waals surface area contributed by atoms with E-state index >= 15 is 0 Å². The zero-order chi connectivity index (χ0) is 13.3. The van der Waals surface area contributed by atoms with Gasteiger partial charge in [-0.25, -0.2) is 4.98 Å². The predicted octanol–water partition coefficient (Wildman–Crippen LogP) is 0.496. The second-order valence-electron chi connectivity index (χ2n) is 4.82. The summed E-state index contributed by atoms with van der Waals surface area (Å²) in [6.45, 7) is 0.239. The van der Waals surface area contributed by atoms with Crippen LogP contribution < -0.4 is 5.73 Å². The smallest absolute Gasteiger partial charge is 0.0955 e. The van der Waals surface area contributed by atoms with Crippen molar-refractivity contribution < 1.29 is 5.11 Å². The number of hydrogen-bond donors (Lipinski definition) is 2. The highest BCUT2D eigenvalue weighted by molar-refractivity contribution is 5.76. The number of imidazole rings is 1. The van der Waals surface area contributed by atoms with Gasteiger partial charge in [-0.3, -0.25) is 0 Å². The number of aromatic nitrogens is 2. The van der Waals surface area contributed by atoms with Gasteiger partial charge < -0.3 is 20.3 Å². The Morgan fingerprint density at radius 2 is 2.17 bits per heavy atom. The number of nitrogens with zero attached hydrogens (tertiary/aromatic N) is 3. The highest BCUT2D eigenvalue weighted by Gasteiger charge is 2.22. The molecule has 0 saturated heterocycles. The third-order valence-electron chi connectivity index (χ3n) is 3.25. The molecular formula is C13H20N4O. The SMILES string of the molecule is CN(C)C(c1ccc2c(c1)ncn2C)C(O)CN. The van der Waals surface area contributed by atoms with Crippen molar-refractivity contribution in [3.63, 3.8) is 0 Å². The first-order valence-electron chi connectivity index (χ1n) is 6.00. The molecule has 0 fully saturated rings. The second-order valence-corrected chi connectivity index (χ2v) is 4.82. The maximum atomic E-state index is 10.0. The summed E-state index contributed by atoms with van der Waals surface area (Å²) in [5.41, 5.74) is 8.62. The number of rotatable bonds is 4. The zero-order valence-corrected chi connectivity index (χ0v) is 11.0. The monoisotopic (exact) mass is 248 g/mol. The van der Waals surface area contributed by atoms with Crippen molar-refractivity contribution in [2.24, 2.45) is 12.8 Å². The van der Waals surface area contributed by atoms with Crippen LogP contribution in [-0.4, -0.2) is 46.3 Å². The van der Waals surface area contributed by atoms with Gasteiger partial charge in [-0.2, -0.15) is 0 Å². The zero-order valence-electron chi connectivity index (χ0n) is 11.0. The molecule has 0 spiro atoms. The van der Waals surface area contributed by atoms with Crippen molar-refractivity contribution in [1.29, 1.82) is 0 Å². The van der Waals surface area contributed by atoms with Crippen LogP contribution in [0.15, 0.2) is 24.5 Å². The third-order valence-corrected chi connectivity index (χ3v) is 3.25. The molecule has 0 radical (unpaired) electrons. The first-order chi connectivity index (χ1) is 8.54. The molecule has 3 N–H and O–H groups in total. The molecule has 1 heterocycles. The van der Waals surface area contributed by atoms with Crippen molar-refractivity contribution in [2.75, 3.05) is 20.6 Å². The fourth-order valence-electron chi connectivity index (χ4n) is 2.33. The molecule has 0 aliphatic heterocycles. The van der Waals surface area contributed by atoms with Gasteiger partial charge in [0.2, 0.25) is 0 Å². The number of benzene rings is 1. The molecule has 1 aromatic carbocycles. The van der Waals surface area contributed by atoms with Gasteiger partial charge in [-0.05, 0) is 31.8 Å². The summed E-state index contributed by atoms with van der Waals surface area (Å²) in [5, 5.41) is 10.0. The molecule has 5 heteroatoms. The van der Waals surface area contributed by atoms with Gasteiger partial charge in [0.25, 0.3) is 0 Å². The second kappa shape index (κ2) is 5.06. The summed E-state index contributed by atoms with van der Waals surface area (Å²) in [6.07, 6.45) is 1.21. The number of aliphatic hydroxyl groups excluding tert-OH is 1. The molecule has 0 aliphatic carbocycles. The fraction of sp³-hybridized carbons (Fsp3) is 0.462. The summed E-state index contributed by atoms with van der Waals surface area (Å²) in [7, 11) is 5.84. The van der Waals surface area contributed by atoms with E-state index in [0.29, 0.717) is 0 Å². The van der Waals surface area contributed by atoms with Gasteiger partial charge in [0.15, 0.2) is 0 Å². The minimum absolute atomic E-state index is 0.110. The van der Waals surface area contributed by atoms with Crippen molar-refractivity contribution in [3.05, 3.63) is 30.1 Å². The van der Waals surface area contributed by atoms with E-state index in [1.165, 1.54) is 0 Å². The molecule has 0 amide bonds. The Morgan fingerprint density at radius 1 is 1.44 bits per heavy atom. The summed E-state index contributed by atoms with van der Waals surface area (Å²) in [5.74, 6) is 0. The molecule has 2 rings (SSSR count). The van der Waals surface area contributed by atoms with Gasteiger partial charge in [0, 0.05) is 13.6 Å². The maximum absolute atomic E-state index is 10.0. The Balaban J connectivity index is 2.44. The molecule has 2 atom stereocenters. The lowest BCUT2D eigenvalue weighted by molar-refractivity contribution is 0.0824. The molecule has 1 aromatic heterocycles. The van der Waals surface area contributed by atoms with Gasteiger partial charge in [0.1, 0.15) is 0 Å². The molecule has 2 aromatic rings. The topological polar surface area (TPSA) is 67.3 Å². The Morgan fingerprint density at radius 3 is 2.78 bits per heavy atom. The lowest BCUT2D eigenvalue weighted by Crippen LogP contribution is -2.36. The average molecular weight is 248 g/mol. The third kappa shape index (κ3) is 2.25. The minimum Gasteiger partial charge on any atom is -0.390 e. The summed E-state index contributed by atoms with van der Waals surface area (Å²) >= 11 is 0. The van der Waals surface area contributed by atoms with Crippen LogP contribution in [-0.2, 0) is 7.05 Å². The van der Waals surface area contributed by atoms with Crippen LogP contribution in [0.2, 0.25) is 0 Å². The standard InChI is InChI=1S/C13H20N4O/c1-16(2)13(12(18)7-14)9-4-5-11-10(6-9)15-8-17(11)3/h4-6,8,12-13,18H,7,14H2,1-3H3. The van der Waals surface area contributed by atoms with Gasteiger partial charge in [0.05, 0.1) is 29.5 Å². The molecular weight excluding hydrogens is 228 g/mol. The molecule has 18 heavy (non-hydrogen) atoms. The first-order valence-corrected chi connectivity index (χ1v) is 6.00. The number of aryl methyl sites for hydroxylation is 1. The Bertz CT molecular complexity index is 535. The van der Waals surface area contributed by atoms with Crippen molar-refractivity contribution in [3.8, 4) is 0 Å². The average Bonchev–Trinajstić information content (AvgIpc) is 2.70. The van der Waals surface area contributed by atoms with Crippen molar-refractivity contribution in [1.82, 2.24) is 14.5 Å². The predicted molar refractivity (Wildman–Crippen MR) is 72.2 cm³/mol. The van der Waals surface area contributed by atoms with Crippen LogP contribution in [0, 0.1) is 0 Å². The summed E-state index contributed by atoms with van der Waals surface area (Å²) < 4.78 is 1.98. The summed E-state index contributed by atoms with van der Waals surface area (Å²) in [6, 6.07) is 5.95. The quantitative estimate of drug-likeness (QED) is 0.826. The normalized spacial score (nSPS) is 15.2. The largest absolute Gasteiger partial charge is 0.390 e. The van der Waals surface area contributed by atoms with E-state index in [2.05, 4.69) is 4.98 Å². The Labute approximate surface area is 107 Å². The van der Waals surface area contributed by atoms with Crippen molar-refractivity contribution in [2.45, 2.75) is 12.1 Å². The van der Waals surface area contributed by atoms with E-state index in [-0.39, 0.29) is 12.6 Å². The van der Waals surface area contributed by atoms with Crippen molar-refractivity contribution >= 4 is 11.0 Å². The highest BCUT2D eigenvalue weighted by Crippen LogP contribution is 2.25. The lowest BCUT2D eigenvalue weighted by atomic mass is 10.00. The Hall–Kier alpha value is -1.43. The first kappa shape index (κ1) is 13.0. The van der Waals surface area contributed by atoms with E-state index in [1.807, 2.05) is 48.8 Å². The molecule has 5 nitrogen and oxygen atoms in total. The fourth-order valence-corrected chi connectivity index (χ4v) is 2.33. The number of likely N-dealkylation sites (N-methyl/N-ethyl adjacent to an activating group) is 1. The summed E-state index contributed by atoms with van der Waals surface area (Å²) in [4.78, 5) is 6.31. The van der Waals surface area contributed by atoms with Gasteiger partial charge in [-0.1, -0.05) is 6.07 Å². The van der Waals surface area contributed by atoms with Gasteiger partial charge in [-0.15, -0.1) is 0 Å². The maximum Gasteiger partial charge on any atom is 0.0955 e. The molecule has 0 saturated carbocycles. The van der Waals surface area contributed by atoms with Crippen LogP contribution in [0.4, 0.5) is 0 Å². The van der Waals surface area contributed by atoms with E-state index in [0.717, 1.165) is 16.6 Å². The van der Waals surface area contributed by atoms with E-state index < -0.39 is 6.10 Å². The van der Waals surface area contributed by atoms with Gasteiger partial charge >= 0.3 is 0 Å². The van der Waals surface area contributed by atoms with E-state index in [4.69, 9.17) is 5.73 Å². The number of hydrogen-bond acceptors (Lipinski definition) is 4. The van der Waals surface area contributed by atoms with Crippen LogP contribution in [0.3, 0.4) is 0 Å². The molecule has 2 unspecified atom stereocenters. The number of nitrogens with two attached hydrogens (primary N) is 1. The molecule has 0 bridgehead atoms. The highest BCUT2D eigenvalue weighted by atomic mass is 16.3. The van der Waals surface area contributed by atoms with Crippen LogP contribution in [0.25, 0.3) is 11.0 Å². The number of fused-ring (bicyclic) bond motifs is 1. The van der Waals surface area contributed by atoms with E-state index in [1.54, 1.807) is 6.33 Å². The van der Waals surface area contributed by atoms with E-state index in [9.17, 15) is 5.11 Å². The molecule has 98 valence electrons. The van der Waals surface area contributed by atoms with Crippen LogP contribution in [0.1, 0.15) is 11.6 Å². The van der Waals surface area contributed by atoms with Crippen LogP contribution in [0.5, 0.6) is 0 Å². The van der Waals surface area contributed by atoms with Crippen LogP contribution >= 0.6 is 0 Å². The molecule has 0 aliphatic rings. The Kier molecular flexibility index (Phi) is 3.65. The minimum atomic E-state index is -0.582.